The minimum atomic E-state index is -0.390. The Morgan fingerprint density at radius 1 is 1.09 bits per heavy atom. The molecule has 0 aliphatic carbocycles. The number of amides is 2. The van der Waals surface area contributed by atoms with Crippen LogP contribution in [0.25, 0.3) is 0 Å². The molecular weight excluding hydrogens is 456 g/mol. The van der Waals surface area contributed by atoms with E-state index in [4.69, 9.17) is 11.6 Å². The topological polar surface area (TPSA) is 76.3 Å². The van der Waals surface area contributed by atoms with Gasteiger partial charge in [0, 0.05) is 29.4 Å². The molecule has 6 nitrogen and oxygen atoms in total. The Bertz CT molecular complexity index is 1360. The predicted molar refractivity (Wildman–Crippen MR) is 129 cm³/mol. The van der Waals surface area contributed by atoms with Crippen LogP contribution < -0.4 is 10.1 Å². The lowest BCUT2D eigenvalue weighted by Gasteiger charge is -2.08. The highest BCUT2D eigenvalue weighted by atomic mass is 35.5. The number of nitrogens with one attached hydrogen (secondary N) is 1. The van der Waals surface area contributed by atoms with E-state index in [9.17, 15) is 9.59 Å². The Balaban J connectivity index is 1.52. The van der Waals surface area contributed by atoms with Crippen LogP contribution in [0.2, 0.25) is 5.02 Å². The first-order chi connectivity index (χ1) is 16.0. The second-order valence-electron chi connectivity index (χ2n) is 7.35. The van der Waals surface area contributed by atoms with Gasteiger partial charge in [0.2, 0.25) is 0 Å². The SMILES string of the molecule is Cc1cn(Cc2cccc(C(=O)NCc3ccccn3)c2)c(=NC(=O)c2ccccc2Cl)s1. The van der Waals surface area contributed by atoms with Gasteiger partial charge in [-0.15, -0.1) is 11.3 Å². The summed E-state index contributed by atoms with van der Waals surface area (Å²) in [5, 5.41) is 3.26. The van der Waals surface area contributed by atoms with E-state index in [2.05, 4.69) is 15.3 Å². The number of hydrogen-bond donors (Lipinski definition) is 1. The number of carbonyl (C=O) groups is 2. The molecule has 0 saturated carbocycles. The van der Waals surface area contributed by atoms with Crippen molar-refractivity contribution in [1.82, 2.24) is 14.9 Å². The van der Waals surface area contributed by atoms with Gasteiger partial charge >= 0.3 is 0 Å². The molecule has 0 saturated heterocycles. The molecule has 2 heterocycles. The standard InChI is InChI=1S/C25H21ClN4O2S/c1-17-15-30(25(33-17)29-24(32)21-10-2-3-11-22(21)26)16-18-7-6-8-19(13-18)23(31)28-14-20-9-4-5-12-27-20/h2-13,15H,14,16H2,1H3,(H,28,31). The molecule has 0 unspecified atom stereocenters. The molecule has 4 rings (SSSR count). The van der Waals surface area contributed by atoms with Gasteiger partial charge in [-0.3, -0.25) is 14.6 Å². The van der Waals surface area contributed by atoms with Crippen molar-refractivity contribution >= 4 is 34.8 Å². The summed E-state index contributed by atoms with van der Waals surface area (Å²) in [5.41, 5.74) is 2.63. The summed E-state index contributed by atoms with van der Waals surface area (Å²) >= 11 is 7.57. The number of aromatic nitrogens is 2. The largest absolute Gasteiger partial charge is 0.346 e. The quantitative estimate of drug-likeness (QED) is 0.441. The Hall–Kier alpha value is -3.55. The fourth-order valence-electron chi connectivity index (χ4n) is 3.27. The molecule has 0 fully saturated rings. The van der Waals surface area contributed by atoms with Crippen LogP contribution in [-0.4, -0.2) is 21.4 Å². The molecule has 4 aromatic rings. The van der Waals surface area contributed by atoms with Crippen LogP contribution in [0.5, 0.6) is 0 Å². The monoisotopic (exact) mass is 476 g/mol. The van der Waals surface area contributed by atoms with Crippen LogP contribution in [-0.2, 0) is 13.1 Å². The van der Waals surface area contributed by atoms with E-state index in [-0.39, 0.29) is 11.8 Å². The average molecular weight is 477 g/mol. The normalized spacial score (nSPS) is 11.4. The number of carbonyl (C=O) groups excluding carboxylic acids is 2. The van der Waals surface area contributed by atoms with Gasteiger partial charge in [-0.2, -0.15) is 4.99 Å². The Morgan fingerprint density at radius 2 is 1.91 bits per heavy atom. The fourth-order valence-corrected chi connectivity index (χ4v) is 4.32. The Morgan fingerprint density at radius 3 is 2.70 bits per heavy atom. The highest BCUT2D eigenvalue weighted by Gasteiger charge is 2.11. The fraction of sp³-hybridized carbons (Fsp3) is 0.120. The van der Waals surface area contributed by atoms with Gasteiger partial charge in [-0.25, -0.2) is 0 Å². The highest BCUT2D eigenvalue weighted by Crippen LogP contribution is 2.16. The molecule has 0 atom stereocenters. The number of hydrogen-bond acceptors (Lipinski definition) is 4. The van der Waals surface area contributed by atoms with Crippen molar-refractivity contribution in [2.45, 2.75) is 20.0 Å². The maximum Gasteiger partial charge on any atom is 0.281 e. The number of nitrogens with zero attached hydrogens (tertiary/aromatic N) is 3. The molecule has 0 bridgehead atoms. The lowest BCUT2D eigenvalue weighted by Crippen LogP contribution is -2.23. The van der Waals surface area contributed by atoms with Crippen LogP contribution >= 0.6 is 22.9 Å². The van der Waals surface area contributed by atoms with Gasteiger partial charge in [0.1, 0.15) is 0 Å². The maximum absolute atomic E-state index is 12.7. The molecule has 166 valence electrons. The van der Waals surface area contributed by atoms with E-state index in [1.807, 2.05) is 54.1 Å². The molecule has 0 spiro atoms. The zero-order chi connectivity index (χ0) is 23.2. The first kappa shape index (κ1) is 22.6. The van der Waals surface area contributed by atoms with Crippen molar-refractivity contribution in [3.8, 4) is 0 Å². The molecular formula is C25H21ClN4O2S. The van der Waals surface area contributed by atoms with Gasteiger partial charge in [0.05, 0.1) is 22.8 Å². The van der Waals surface area contributed by atoms with Crippen LogP contribution in [0, 0.1) is 6.92 Å². The van der Waals surface area contributed by atoms with E-state index in [0.29, 0.717) is 34.0 Å². The van der Waals surface area contributed by atoms with Crippen molar-refractivity contribution < 1.29 is 9.59 Å². The van der Waals surface area contributed by atoms with Crippen LogP contribution in [0.3, 0.4) is 0 Å². The van der Waals surface area contributed by atoms with Gasteiger partial charge in [-0.1, -0.05) is 41.9 Å². The second kappa shape index (κ2) is 10.4. The van der Waals surface area contributed by atoms with E-state index >= 15 is 0 Å². The third-order valence-corrected chi connectivity index (χ3v) is 6.10. The van der Waals surface area contributed by atoms with Gasteiger partial charge < -0.3 is 9.88 Å². The first-order valence-corrected chi connectivity index (χ1v) is 11.5. The number of pyridine rings is 1. The smallest absolute Gasteiger partial charge is 0.281 e. The van der Waals surface area contributed by atoms with Crippen molar-refractivity contribution in [3.63, 3.8) is 0 Å². The molecule has 0 aliphatic rings. The predicted octanol–water partition coefficient (Wildman–Crippen LogP) is 4.63. The van der Waals surface area contributed by atoms with E-state index in [1.54, 1.807) is 36.5 Å². The Kier molecular flexibility index (Phi) is 7.12. The van der Waals surface area contributed by atoms with Crippen LogP contribution in [0.15, 0.2) is 84.1 Å². The zero-order valence-electron chi connectivity index (χ0n) is 17.9. The Labute approximate surface area is 200 Å². The third-order valence-electron chi connectivity index (χ3n) is 4.84. The molecule has 2 amide bonds. The molecule has 0 aliphatic heterocycles. The van der Waals surface area contributed by atoms with Crippen molar-refractivity contribution in [2.75, 3.05) is 0 Å². The number of rotatable bonds is 6. The van der Waals surface area contributed by atoms with Gasteiger partial charge in [0.15, 0.2) is 4.80 Å². The van der Waals surface area contributed by atoms with E-state index in [1.165, 1.54) is 11.3 Å². The maximum atomic E-state index is 12.7. The number of aryl methyl sites for hydroxylation is 1. The summed E-state index contributed by atoms with van der Waals surface area (Å²) in [5.74, 6) is -0.563. The summed E-state index contributed by atoms with van der Waals surface area (Å²) in [6.45, 7) is 2.79. The first-order valence-electron chi connectivity index (χ1n) is 10.3. The molecule has 33 heavy (non-hydrogen) atoms. The second-order valence-corrected chi connectivity index (χ2v) is 8.97. The summed E-state index contributed by atoms with van der Waals surface area (Å²) in [4.78, 5) is 35.4. The lowest BCUT2D eigenvalue weighted by atomic mass is 10.1. The van der Waals surface area contributed by atoms with Crippen molar-refractivity contribution in [1.29, 1.82) is 0 Å². The number of thiazole rings is 1. The molecule has 2 aromatic heterocycles. The lowest BCUT2D eigenvalue weighted by molar-refractivity contribution is 0.0949. The van der Waals surface area contributed by atoms with Crippen LogP contribution in [0.4, 0.5) is 0 Å². The van der Waals surface area contributed by atoms with Crippen LogP contribution in [0.1, 0.15) is 36.9 Å². The molecule has 1 N–H and O–H groups in total. The minimum Gasteiger partial charge on any atom is -0.346 e. The summed E-state index contributed by atoms with van der Waals surface area (Å²) < 4.78 is 1.90. The highest BCUT2D eigenvalue weighted by molar-refractivity contribution is 7.09. The number of halogens is 1. The number of benzene rings is 2. The average Bonchev–Trinajstić information content (AvgIpc) is 3.16. The zero-order valence-corrected chi connectivity index (χ0v) is 19.4. The summed E-state index contributed by atoms with van der Waals surface area (Å²) in [7, 11) is 0. The van der Waals surface area contributed by atoms with Crippen molar-refractivity contribution in [3.05, 3.63) is 116 Å². The van der Waals surface area contributed by atoms with Gasteiger partial charge in [-0.05, 0) is 48.9 Å². The van der Waals surface area contributed by atoms with E-state index in [0.717, 1.165) is 16.1 Å². The van der Waals surface area contributed by atoms with Gasteiger partial charge in [0.25, 0.3) is 11.8 Å². The minimum absolute atomic E-state index is 0.173. The summed E-state index contributed by atoms with van der Waals surface area (Å²) in [6, 6.07) is 19.8. The summed E-state index contributed by atoms with van der Waals surface area (Å²) in [6.07, 6.45) is 3.64. The van der Waals surface area contributed by atoms with E-state index < -0.39 is 0 Å². The van der Waals surface area contributed by atoms with Crippen molar-refractivity contribution in [2.24, 2.45) is 4.99 Å². The third kappa shape index (κ3) is 5.83. The molecule has 0 radical (unpaired) electrons. The molecule has 8 heteroatoms. The molecule has 2 aromatic carbocycles.